The molecule has 0 aliphatic rings. The van der Waals surface area contributed by atoms with Crippen molar-refractivity contribution in [3.8, 4) is 11.5 Å². The fourth-order valence-corrected chi connectivity index (χ4v) is 3.41. The van der Waals surface area contributed by atoms with Gasteiger partial charge in [-0.2, -0.15) is 0 Å². The van der Waals surface area contributed by atoms with Crippen LogP contribution in [0.5, 0.6) is 11.5 Å². The lowest BCUT2D eigenvalue weighted by atomic mass is 10.2. The average molecular weight is 402 g/mol. The van der Waals surface area contributed by atoms with Crippen LogP contribution in [0.1, 0.15) is 27.7 Å². The molecule has 0 atom stereocenters. The largest absolute Gasteiger partial charge is 0.494 e. The number of thiophene rings is 1. The molecule has 4 nitrogen and oxygen atoms in total. The first-order valence-electron chi connectivity index (χ1n) is 8.55. The topological polar surface area (TPSA) is 47.6 Å². The van der Waals surface area contributed by atoms with Crippen molar-refractivity contribution in [3.63, 3.8) is 0 Å². The normalized spacial score (nSPS) is 10.5. The Balaban J connectivity index is 1.59. The molecule has 1 amide bonds. The molecule has 0 radical (unpaired) electrons. The van der Waals surface area contributed by atoms with Gasteiger partial charge in [0.15, 0.2) is 0 Å². The van der Waals surface area contributed by atoms with Gasteiger partial charge in [-0.3, -0.25) is 4.79 Å². The molecule has 0 fully saturated rings. The maximum absolute atomic E-state index is 12.4. The quantitative estimate of drug-likeness (QED) is 0.533. The van der Waals surface area contributed by atoms with Crippen LogP contribution < -0.4 is 14.8 Å². The molecule has 0 bridgehead atoms. The molecule has 3 rings (SSSR count). The van der Waals surface area contributed by atoms with E-state index in [2.05, 4.69) is 5.32 Å². The van der Waals surface area contributed by atoms with Gasteiger partial charge >= 0.3 is 0 Å². The summed E-state index contributed by atoms with van der Waals surface area (Å²) in [6.45, 7) is 4.88. The summed E-state index contributed by atoms with van der Waals surface area (Å²) in [6.07, 6.45) is 0. The van der Waals surface area contributed by atoms with E-state index >= 15 is 0 Å². The molecule has 140 valence electrons. The van der Waals surface area contributed by atoms with Gasteiger partial charge in [0.2, 0.25) is 0 Å². The van der Waals surface area contributed by atoms with Crippen molar-refractivity contribution >= 4 is 34.5 Å². The lowest BCUT2D eigenvalue weighted by Crippen LogP contribution is -2.10. The van der Waals surface area contributed by atoms with E-state index in [-0.39, 0.29) is 5.91 Å². The molecule has 0 unspecified atom stereocenters. The van der Waals surface area contributed by atoms with Crippen molar-refractivity contribution in [3.05, 3.63) is 74.9 Å². The number of hydrogen-bond acceptors (Lipinski definition) is 4. The van der Waals surface area contributed by atoms with Gasteiger partial charge in [0.05, 0.1) is 16.5 Å². The van der Waals surface area contributed by atoms with Gasteiger partial charge in [-0.25, -0.2) is 0 Å². The van der Waals surface area contributed by atoms with Crippen molar-refractivity contribution in [2.24, 2.45) is 0 Å². The fraction of sp³-hybridized carbons (Fsp3) is 0.190. The minimum atomic E-state index is -0.149. The highest BCUT2D eigenvalue weighted by atomic mass is 35.5. The Morgan fingerprint density at radius 1 is 1.11 bits per heavy atom. The van der Waals surface area contributed by atoms with Crippen LogP contribution in [0.25, 0.3) is 0 Å². The van der Waals surface area contributed by atoms with Crippen molar-refractivity contribution < 1.29 is 14.3 Å². The number of ether oxygens (including phenoxy) is 2. The Bertz CT molecular complexity index is 921. The van der Waals surface area contributed by atoms with E-state index in [0.29, 0.717) is 28.9 Å². The average Bonchev–Trinajstić information content (AvgIpc) is 3.13. The van der Waals surface area contributed by atoms with E-state index in [0.717, 1.165) is 22.6 Å². The van der Waals surface area contributed by atoms with Crippen molar-refractivity contribution in [2.75, 3.05) is 11.9 Å². The number of nitrogens with one attached hydrogen (secondary N) is 1. The summed E-state index contributed by atoms with van der Waals surface area (Å²) >= 11 is 7.52. The lowest BCUT2D eigenvalue weighted by molar-refractivity contribution is 0.103. The van der Waals surface area contributed by atoms with Gasteiger partial charge in [-0.15, -0.1) is 11.3 Å². The Labute approximate surface area is 167 Å². The van der Waals surface area contributed by atoms with Crippen LogP contribution in [0.3, 0.4) is 0 Å². The Morgan fingerprint density at radius 3 is 2.63 bits per heavy atom. The third kappa shape index (κ3) is 5.25. The zero-order chi connectivity index (χ0) is 19.2. The van der Waals surface area contributed by atoms with Crippen molar-refractivity contribution in [1.29, 1.82) is 0 Å². The van der Waals surface area contributed by atoms with Gasteiger partial charge < -0.3 is 14.8 Å². The summed E-state index contributed by atoms with van der Waals surface area (Å²) < 4.78 is 11.2. The Morgan fingerprint density at radius 2 is 1.89 bits per heavy atom. The van der Waals surface area contributed by atoms with E-state index in [4.69, 9.17) is 21.1 Å². The molecule has 1 aromatic heterocycles. The van der Waals surface area contributed by atoms with E-state index in [1.807, 2.05) is 67.8 Å². The number of amides is 1. The molecule has 0 spiro atoms. The Hall–Kier alpha value is -2.50. The van der Waals surface area contributed by atoms with Crippen LogP contribution in [0.4, 0.5) is 5.69 Å². The predicted molar refractivity (Wildman–Crippen MR) is 110 cm³/mol. The third-order valence-corrected chi connectivity index (χ3v) is 5.07. The molecule has 0 saturated heterocycles. The summed E-state index contributed by atoms with van der Waals surface area (Å²) in [4.78, 5) is 13.0. The zero-order valence-corrected chi connectivity index (χ0v) is 16.7. The number of carbonyl (C=O) groups is 1. The smallest absolute Gasteiger partial charge is 0.265 e. The number of aryl methyl sites for hydroxylation is 1. The molecule has 6 heteroatoms. The van der Waals surface area contributed by atoms with E-state index in [9.17, 15) is 4.79 Å². The van der Waals surface area contributed by atoms with Crippen LogP contribution in [0.2, 0.25) is 5.02 Å². The molecule has 3 aromatic rings. The van der Waals surface area contributed by atoms with E-state index < -0.39 is 0 Å². The molecule has 0 aliphatic carbocycles. The number of anilines is 1. The monoisotopic (exact) mass is 401 g/mol. The lowest BCUT2D eigenvalue weighted by Gasteiger charge is -2.07. The highest BCUT2D eigenvalue weighted by Gasteiger charge is 2.11. The molecule has 27 heavy (non-hydrogen) atoms. The number of carbonyl (C=O) groups excluding carboxylic acids is 1. The van der Waals surface area contributed by atoms with Gasteiger partial charge in [-0.1, -0.05) is 17.7 Å². The first kappa shape index (κ1) is 19.3. The fourth-order valence-electron chi connectivity index (χ4n) is 2.45. The van der Waals surface area contributed by atoms with Crippen LogP contribution in [-0.4, -0.2) is 12.5 Å². The van der Waals surface area contributed by atoms with Crippen LogP contribution in [0, 0.1) is 6.92 Å². The molecule has 0 saturated carbocycles. The summed E-state index contributed by atoms with van der Waals surface area (Å²) in [5.74, 6) is 1.27. The second kappa shape index (κ2) is 8.93. The number of hydrogen-bond donors (Lipinski definition) is 1. The minimum absolute atomic E-state index is 0.149. The first-order valence-corrected chi connectivity index (χ1v) is 9.81. The van der Waals surface area contributed by atoms with E-state index in [1.165, 1.54) is 11.3 Å². The molecular weight excluding hydrogens is 382 g/mol. The van der Waals surface area contributed by atoms with Crippen molar-refractivity contribution in [1.82, 2.24) is 0 Å². The van der Waals surface area contributed by atoms with Gasteiger partial charge in [-0.05, 0) is 67.3 Å². The summed E-state index contributed by atoms with van der Waals surface area (Å²) in [5, 5.41) is 5.37. The highest BCUT2D eigenvalue weighted by molar-refractivity contribution is 7.12. The van der Waals surface area contributed by atoms with Gasteiger partial charge in [0, 0.05) is 11.3 Å². The predicted octanol–water partition coefficient (Wildman–Crippen LogP) is 5.94. The Kier molecular flexibility index (Phi) is 6.37. The molecule has 2 aromatic carbocycles. The third-order valence-electron chi connectivity index (χ3n) is 3.78. The number of benzene rings is 2. The molecule has 1 heterocycles. The van der Waals surface area contributed by atoms with Crippen molar-refractivity contribution in [2.45, 2.75) is 20.5 Å². The van der Waals surface area contributed by atoms with Crippen LogP contribution >= 0.6 is 22.9 Å². The molecule has 1 N–H and O–H groups in total. The van der Waals surface area contributed by atoms with Crippen LogP contribution in [0.15, 0.2) is 53.9 Å². The first-order chi connectivity index (χ1) is 13.0. The highest BCUT2D eigenvalue weighted by Crippen LogP contribution is 2.27. The number of halogens is 1. The summed E-state index contributed by atoms with van der Waals surface area (Å²) in [6, 6.07) is 14.8. The minimum Gasteiger partial charge on any atom is -0.494 e. The second-order valence-electron chi connectivity index (χ2n) is 5.95. The second-order valence-corrected chi connectivity index (χ2v) is 7.27. The number of rotatable bonds is 7. The summed E-state index contributed by atoms with van der Waals surface area (Å²) in [5.41, 5.74) is 2.73. The van der Waals surface area contributed by atoms with Gasteiger partial charge in [0.1, 0.15) is 18.1 Å². The standard InChI is InChI=1S/C21H20ClNO3S/c1-3-25-17-7-5-16(6-8-17)23-21(24)20-11-15(13-27-20)12-26-19-10-14(2)4-9-18(19)22/h4-11,13H,3,12H2,1-2H3,(H,23,24). The zero-order valence-electron chi connectivity index (χ0n) is 15.1. The summed E-state index contributed by atoms with van der Waals surface area (Å²) in [7, 11) is 0. The maximum Gasteiger partial charge on any atom is 0.265 e. The molecular formula is C21H20ClNO3S. The molecule has 0 aliphatic heterocycles. The van der Waals surface area contributed by atoms with Gasteiger partial charge in [0.25, 0.3) is 5.91 Å². The van der Waals surface area contributed by atoms with Crippen LogP contribution in [-0.2, 0) is 6.61 Å². The SMILES string of the molecule is CCOc1ccc(NC(=O)c2cc(COc3cc(C)ccc3Cl)cs2)cc1. The maximum atomic E-state index is 12.4. The van der Waals surface area contributed by atoms with E-state index in [1.54, 1.807) is 0 Å².